The van der Waals surface area contributed by atoms with E-state index in [4.69, 9.17) is 0 Å². The van der Waals surface area contributed by atoms with Gasteiger partial charge in [-0.2, -0.15) is 0 Å². The van der Waals surface area contributed by atoms with E-state index in [2.05, 4.69) is 41.4 Å². The van der Waals surface area contributed by atoms with E-state index in [1.807, 2.05) is 29.0 Å². The number of benzene rings is 2. The fourth-order valence-electron chi connectivity index (χ4n) is 2.45. The van der Waals surface area contributed by atoms with Crippen LogP contribution in [0.15, 0.2) is 67.0 Å². The van der Waals surface area contributed by atoms with E-state index in [0.29, 0.717) is 5.82 Å². The summed E-state index contributed by atoms with van der Waals surface area (Å²) in [5.41, 5.74) is 3.62. The molecule has 0 aliphatic rings. The molecule has 0 aliphatic carbocycles. The molecule has 3 rings (SSSR count). The number of rotatable bonds is 4. The highest BCUT2D eigenvalue weighted by Gasteiger charge is 2.08. The van der Waals surface area contributed by atoms with Crippen LogP contribution < -0.4 is 0 Å². The Morgan fingerprint density at radius 1 is 1.00 bits per heavy atom. The number of aromatic nitrogens is 2. The van der Waals surface area contributed by atoms with Crippen LogP contribution in [0.3, 0.4) is 0 Å². The molecule has 1 aromatic heterocycles. The average Bonchev–Trinajstić information content (AvgIpc) is 2.97. The molecule has 0 saturated heterocycles. The second kappa shape index (κ2) is 5.94. The van der Waals surface area contributed by atoms with E-state index in [1.54, 1.807) is 13.1 Å². The largest absolute Gasteiger partial charge is 0.385 e. The van der Waals surface area contributed by atoms with Crippen LogP contribution in [0.5, 0.6) is 0 Å². The molecule has 0 spiro atoms. The lowest BCUT2D eigenvalue weighted by molar-refractivity contribution is 0.184. The van der Waals surface area contributed by atoms with Crippen molar-refractivity contribution in [3.63, 3.8) is 0 Å². The minimum atomic E-state index is -0.552. The molecular formula is C18H18N2O. The number of nitrogens with zero attached hydrogens (tertiary/aromatic N) is 2. The quantitative estimate of drug-likeness (QED) is 0.791. The van der Waals surface area contributed by atoms with Crippen LogP contribution in [-0.2, 0) is 6.54 Å². The summed E-state index contributed by atoms with van der Waals surface area (Å²) in [5, 5.41) is 9.68. The molecule has 1 heterocycles. The Balaban J connectivity index is 1.80. The summed E-state index contributed by atoms with van der Waals surface area (Å²) in [5.74, 6) is 0.696. The molecular weight excluding hydrogens is 260 g/mol. The van der Waals surface area contributed by atoms with Crippen molar-refractivity contribution in [1.82, 2.24) is 9.55 Å². The Labute approximate surface area is 124 Å². The van der Waals surface area contributed by atoms with Gasteiger partial charge in [0.2, 0.25) is 0 Å². The molecule has 1 atom stereocenters. The topological polar surface area (TPSA) is 38.1 Å². The highest BCUT2D eigenvalue weighted by atomic mass is 16.3. The van der Waals surface area contributed by atoms with Gasteiger partial charge in [-0.15, -0.1) is 0 Å². The molecule has 1 N–H and O–H groups in total. The summed E-state index contributed by atoms with van der Waals surface area (Å²) < 4.78 is 1.97. The second-order valence-electron chi connectivity index (χ2n) is 5.15. The van der Waals surface area contributed by atoms with Crippen LogP contribution >= 0.6 is 0 Å². The van der Waals surface area contributed by atoms with Crippen molar-refractivity contribution >= 4 is 0 Å². The van der Waals surface area contributed by atoms with Crippen molar-refractivity contribution in [2.75, 3.05) is 0 Å². The first-order valence-electron chi connectivity index (χ1n) is 7.07. The lowest BCUT2D eigenvalue weighted by Crippen LogP contribution is -2.07. The molecule has 106 valence electrons. The molecule has 21 heavy (non-hydrogen) atoms. The first-order chi connectivity index (χ1) is 10.2. The molecule has 1 unspecified atom stereocenters. The van der Waals surface area contributed by atoms with Gasteiger partial charge in [-0.25, -0.2) is 4.98 Å². The third kappa shape index (κ3) is 3.03. The Morgan fingerprint density at radius 3 is 2.33 bits per heavy atom. The van der Waals surface area contributed by atoms with Crippen molar-refractivity contribution in [3.8, 4) is 11.1 Å². The van der Waals surface area contributed by atoms with E-state index in [1.165, 1.54) is 16.7 Å². The van der Waals surface area contributed by atoms with Crippen molar-refractivity contribution in [2.24, 2.45) is 0 Å². The van der Waals surface area contributed by atoms with E-state index < -0.39 is 6.10 Å². The van der Waals surface area contributed by atoms with Gasteiger partial charge in [0.15, 0.2) is 0 Å². The van der Waals surface area contributed by atoms with Crippen LogP contribution in [0.25, 0.3) is 11.1 Å². The van der Waals surface area contributed by atoms with Crippen molar-refractivity contribution < 1.29 is 5.11 Å². The maximum atomic E-state index is 9.68. The van der Waals surface area contributed by atoms with E-state index in [0.717, 1.165) is 6.54 Å². The Hall–Kier alpha value is -2.39. The van der Waals surface area contributed by atoms with Crippen molar-refractivity contribution in [3.05, 3.63) is 78.4 Å². The Kier molecular flexibility index (Phi) is 3.84. The zero-order valence-corrected chi connectivity index (χ0v) is 12.0. The molecule has 0 fully saturated rings. The van der Waals surface area contributed by atoms with Gasteiger partial charge in [0.05, 0.1) is 0 Å². The minimum absolute atomic E-state index is 0.552. The SMILES string of the molecule is CC(O)c1nccn1Cc1ccc(-c2ccccc2)cc1. The first kappa shape index (κ1) is 13.6. The van der Waals surface area contributed by atoms with Crippen molar-refractivity contribution in [1.29, 1.82) is 0 Å². The molecule has 3 heteroatoms. The van der Waals surface area contributed by atoms with Crippen LogP contribution in [0.4, 0.5) is 0 Å². The van der Waals surface area contributed by atoms with Crippen LogP contribution in [0.1, 0.15) is 24.4 Å². The summed E-state index contributed by atoms with van der Waals surface area (Å²) >= 11 is 0. The molecule has 0 aliphatic heterocycles. The maximum Gasteiger partial charge on any atom is 0.137 e. The highest BCUT2D eigenvalue weighted by molar-refractivity contribution is 5.63. The fourth-order valence-corrected chi connectivity index (χ4v) is 2.45. The van der Waals surface area contributed by atoms with Crippen LogP contribution in [-0.4, -0.2) is 14.7 Å². The normalized spacial score (nSPS) is 12.3. The van der Waals surface area contributed by atoms with Gasteiger partial charge >= 0.3 is 0 Å². The predicted molar refractivity (Wildman–Crippen MR) is 83.8 cm³/mol. The van der Waals surface area contributed by atoms with Gasteiger partial charge < -0.3 is 9.67 Å². The monoisotopic (exact) mass is 278 g/mol. The standard InChI is InChI=1S/C18H18N2O/c1-14(21)18-19-11-12-20(18)13-15-7-9-17(10-8-15)16-5-3-2-4-6-16/h2-12,14,21H,13H2,1H3. The van der Waals surface area contributed by atoms with Crippen LogP contribution in [0.2, 0.25) is 0 Å². The summed E-state index contributed by atoms with van der Waals surface area (Å²) in [7, 11) is 0. The molecule has 2 aromatic carbocycles. The number of hydrogen-bond donors (Lipinski definition) is 1. The maximum absolute atomic E-state index is 9.68. The average molecular weight is 278 g/mol. The lowest BCUT2D eigenvalue weighted by Gasteiger charge is -2.10. The second-order valence-corrected chi connectivity index (χ2v) is 5.15. The predicted octanol–water partition coefficient (Wildman–Crippen LogP) is 3.65. The smallest absolute Gasteiger partial charge is 0.137 e. The minimum Gasteiger partial charge on any atom is -0.385 e. The third-order valence-electron chi connectivity index (χ3n) is 3.54. The number of imidazole rings is 1. The Bertz CT molecular complexity index is 700. The number of aliphatic hydroxyl groups excluding tert-OH is 1. The van der Waals surface area contributed by atoms with E-state index >= 15 is 0 Å². The van der Waals surface area contributed by atoms with Gasteiger partial charge in [0.25, 0.3) is 0 Å². The summed E-state index contributed by atoms with van der Waals surface area (Å²) in [6.07, 6.45) is 3.07. The molecule has 3 nitrogen and oxygen atoms in total. The van der Waals surface area contributed by atoms with E-state index in [-0.39, 0.29) is 0 Å². The first-order valence-corrected chi connectivity index (χ1v) is 7.07. The fraction of sp³-hybridized carbons (Fsp3) is 0.167. The lowest BCUT2D eigenvalue weighted by atomic mass is 10.0. The zero-order valence-electron chi connectivity index (χ0n) is 12.0. The molecule has 0 bridgehead atoms. The summed E-state index contributed by atoms with van der Waals surface area (Å²) in [6, 6.07) is 18.8. The van der Waals surface area contributed by atoms with Crippen LogP contribution in [0, 0.1) is 0 Å². The molecule has 0 radical (unpaired) electrons. The van der Waals surface area contributed by atoms with Gasteiger partial charge in [0, 0.05) is 18.9 Å². The van der Waals surface area contributed by atoms with Gasteiger partial charge in [-0.1, -0.05) is 54.6 Å². The molecule has 0 saturated carbocycles. The van der Waals surface area contributed by atoms with E-state index in [9.17, 15) is 5.11 Å². The van der Waals surface area contributed by atoms with Gasteiger partial charge in [0.1, 0.15) is 11.9 Å². The summed E-state index contributed by atoms with van der Waals surface area (Å²) in [6.45, 7) is 2.45. The zero-order chi connectivity index (χ0) is 14.7. The third-order valence-corrected chi connectivity index (χ3v) is 3.54. The Morgan fingerprint density at radius 2 is 1.67 bits per heavy atom. The highest BCUT2D eigenvalue weighted by Crippen LogP contribution is 2.20. The molecule has 0 amide bonds. The number of hydrogen-bond acceptors (Lipinski definition) is 2. The summed E-state index contributed by atoms with van der Waals surface area (Å²) in [4.78, 5) is 4.19. The van der Waals surface area contributed by atoms with Crippen molar-refractivity contribution in [2.45, 2.75) is 19.6 Å². The number of aliphatic hydroxyl groups is 1. The van der Waals surface area contributed by atoms with Gasteiger partial charge in [-0.3, -0.25) is 0 Å². The van der Waals surface area contributed by atoms with Gasteiger partial charge in [-0.05, 0) is 23.6 Å². The molecule has 3 aromatic rings.